The van der Waals surface area contributed by atoms with Crippen molar-refractivity contribution in [3.63, 3.8) is 0 Å². The second-order valence-corrected chi connectivity index (χ2v) is 9.71. The van der Waals surface area contributed by atoms with Crippen LogP contribution in [0.15, 0.2) is 54.9 Å². The van der Waals surface area contributed by atoms with E-state index in [1.165, 1.54) is 0 Å². The molecule has 0 atom stereocenters. The number of piperidine rings is 1. The Kier molecular flexibility index (Phi) is 5.59. The van der Waals surface area contributed by atoms with Crippen LogP contribution in [0.3, 0.4) is 0 Å². The van der Waals surface area contributed by atoms with Crippen molar-refractivity contribution in [2.24, 2.45) is 5.73 Å². The zero-order valence-corrected chi connectivity index (χ0v) is 19.2. The molecule has 1 aromatic heterocycles. The molecule has 2 heterocycles. The summed E-state index contributed by atoms with van der Waals surface area (Å²) in [7, 11) is 0. The van der Waals surface area contributed by atoms with Crippen LogP contribution in [0.25, 0.3) is 22.3 Å². The van der Waals surface area contributed by atoms with Crippen molar-refractivity contribution in [1.82, 2.24) is 4.98 Å². The Morgan fingerprint density at radius 2 is 1.53 bits per heavy atom. The molecule has 2 fully saturated rings. The molecule has 6 heteroatoms. The van der Waals surface area contributed by atoms with Gasteiger partial charge in [-0.05, 0) is 60.6 Å². The van der Waals surface area contributed by atoms with E-state index >= 15 is 0 Å². The van der Waals surface area contributed by atoms with Crippen LogP contribution in [-0.2, 0) is 5.41 Å². The van der Waals surface area contributed by atoms with Crippen LogP contribution in [0.4, 0.5) is 5.69 Å². The highest BCUT2D eigenvalue weighted by Crippen LogP contribution is 2.48. The van der Waals surface area contributed by atoms with Gasteiger partial charge in [-0.25, -0.2) is 0 Å². The van der Waals surface area contributed by atoms with Gasteiger partial charge in [-0.1, -0.05) is 47.5 Å². The standard InChI is InChI=1S/C26H24Cl2N4/c27-20-11-18(12-21(28)13-20)24-15-31-14-23(25(24)32-9-5-22(30)6-10-32)17-1-3-19(4-2-17)26(16-29)7-8-26/h1-4,11-15,22H,5-10,30H2. The van der Waals surface area contributed by atoms with E-state index < -0.39 is 0 Å². The summed E-state index contributed by atoms with van der Waals surface area (Å²) < 4.78 is 0. The molecule has 0 bridgehead atoms. The first-order chi connectivity index (χ1) is 15.5. The Bertz CT molecular complexity index is 1170. The molecule has 5 rings (SSSR count). The number of nitriles is 1. The molecule has 3 aromatic rings. The third-order valence-electron chi connectivity index (χ3n) is 6.66. The lowest BCUT2D eigenvalue weighted by molar-refractivity contribution is 0.501. The van der Waals surface area contributed by atoms with E-state index in [1.54, 1.807) is 6.07 Å². The lowest BCUT2D eigenvalue weighted by Crippen LogP contribution is -2.40. The Hall–Kier alpha value is -2.58. The number of nitrogens with zero attached hydrogens (tertiary/aromatic N) is 3. The summed E-state index contributed by atoms with van der Waals surface area (Å²) in [6.07, 6.45) is 7.58. The van der Waals surface area contributed by atoms with Crippen molar-refractivity contribution in [3.8, 4) is 28.3 Å². The first kappa shape index (κ1) is 21.3. The second-order valence-electron chi connectivity index (χ2n) is 8.84. The van der Waals surface area contributed by atoms with Gasteiger partial charge in [0.15, 0.2) is 0 Å². The van der Waals surface area contributed by atoms with E-state index in [2.05, 4.69) is 40.2 Å². The van der Waals surface area contributed by atoms with Crippen LogP contribution < -0.4 is 10.6 Å². The van der Waals surface area contributed by atoms with Crippen LogP contribution >= 0.6 is 23.2 Å². The molecular formula is C26H24Cl2N4. The largest absolute Gasteiger partial charge is 0.370 e. The van der Waals surface area contributed by atoms with Gasteiger partial charge in [-0.15, -0.1) is 0 Å². The van der Waals surface area contributed by atoms with E-state index in [0.29, 0.717) is 10.0 Å². The number of halogens is 2. The highest BCUT2D eigenvalue weighted by molar-refractivity contribution is 6.35. The van der Waals surface area contributed by atoms with Gasteiger partial charge in [0, 0.05) is 52.7 Å². The van der Waals surface area contributed by atoms with E-state index in [0.717, 1.165) is 72.3 Å². The molecule has 0 spiro atoms. The van der Waals surface area contributed by atoms with Crippen molar-refractivity contribution in [3.05, 3.63) is 70.5 Å². The van der Waals surface area contributed by atoms with E-state index in [-0.39, 0.29) is 11.5 Å². The molecule has 2 aliphatic rings. The molecule has 1 saturated carbocycles. The third-order valence-corrected chi connectivity index (χ3v) is 7.10. The van der Waals surface area contributed by atoms with Crippen LogP contribution in [0.2, 0.25) is 10.0 Å². The molecule has 1 saturated heterocycles. The fourth-order valence-corrected chi connectivity index (χ4v) is 5.13. The fraction of sp³-hybridized carbons (Fsp3) is 0.308. The molecule has 162 valence electrons. The first-order valence-electron chi connectivity index (χ1n) is 11.0. The van der Waals surface area contributed by atoms with Crippen molar-refractivity contribution in [2.45, 2.75) is 37.1 Å². The second kappa shape index (κ2) is 8.41. The summed E-state index contributed by atoms with van der Waals surface area (Å²) in [5.74, 6) is 0. The van der Waals surface area contributed by atoms with Crippen molar-refractivity contribution < 1.29 is 0 Å². The molecule has 0 radical (unpaired) electrons. The Morgan fingerprint density at radius 1 is 0.938 bits per heavy atom. The smallest absolute Gasteiger partial charge is 0.0823 e. The normalized spacial score (nSPS) is 17.8. The fourth-order valence-electron chi connectivity index (χ4n) is 4.61. The minimum absolute atomic E-state index is 0.237. The van der Waals surface area contributed by atoms with Gasteiger partial charge in [0.25, 0.3) is 0 Å². The molecule has 1 aliphatic carbocycles. The summed E-state index contributed by atoms with van der Waals surface area (Å²) >= 11 is 12.7. The maximum atomic E-state index is 9.54. The van der Waals surface area contributed by atoms with Gasteiger partial charge < -0.3 is 10.6 Å². The van der Waals surface area contributed by atoms with E-state index in [1.807, 2.05) is 24.5 Å². The highest BCUT2D eigenvalue weighted by atomic mass is 35.5. The molecule has 2 N–H and O–H groups in total. The summed E-state index contributed by atoms with van der Waals surface area (Å²) in [4.78, 5) is 6.98. The van der Waals surface area contributed by atoms with Crippen LogP contribution in [-0.4, -0.2) is 24.1 Å². The molecule has 2 aromatic carbocycles. The van der Waals surface area contributed by atoms with Crippen molar-refractivity contribution in [1.29, 1.82) is 5.26 Å². The summed E-state index contributed by atoms with van der Waals surface area (Å²) in [5, 5.41) is 10.7. The van der Waals surface area contributed by atoms with Gasteiger partial charge >= 0.3 is 0 Å². The number of nitrogens with two attached hydrogens (primary N) is 1. The number of rotatable bonds is 4. The van der Waals surface area contributed by atoms with Gasteiger partial charge in [-0.2, -0.15) is 5.26 Å². The number of benzene rings is 2. The molecule has 1 aliphatic heterocycles. The molecular weight excluding hydrogens is 439 g/mol. The van der Waals surface area contributed by atoms with Crippen molar-refractivity contribution in [2.75, 3.05) is 18.0 Å². The van der Waals surface area contributed by atoms with Crippen LogP contribution in [0.5, 0.6) is 0 Å². The number of aromatic nitrogens is 1. The quantitative estimate of drug-likeness (QED) is 0.500. The number of hydrogen-bond donors (Lipinski definition) is 1. The lowest BCUT2D eigenvalue weighted by Gasteiger charge is -2.35. The van der Waals surface area contributed by atoms with Crippen LogP contribution in [0.1, 0.15) is 31.2 Å². The lowest BCUT2D eigenvalue weighted by atomic mass is 9.92. The first-order valence-corrected chi connectivity index (χ1v) is 11.7. The average molecular weight is 463 g/mol. The van der Waals surface area contributed by atoms with Gasteiger partial charge in [0.1, 0.15) is 0 Å². The summed E-state index contributed by atoms with van der Waals surface area (Å²) in [6, 6.07) is 16.7. The Balaban J connectivity index is 1.63. The van der Waals surface area contributed by atoms with Gasteiger partial charge in [-0.3, -0.25) is 4.98 Å². The Morgan fingerprint density at radius 3 is 2.09 bits per heavy atom. The molecule has 32 heavy (non-hydrogen) atoms. The minimum atomic E-state index is -0.290. The Labute approximate surface area is 198 Å². The topological polar surface area (TPSA) is 65.9 Å². The minimum Gasteiger partial charge on any atom is -0.370 e. The maximum Gasteiger partial charge on any atom is 0.0823 e. The SMILES string of the molecule is N#CC1(c2ccc(-c3cncc(-c4cc(Cl)cc(Cl)c4)c3N3CCC(N)CC3)cc2)CC1. The maximum absolute atomic E-state index is 9.54. The summed E-state index contributed by atoms with van der Waals surface area (Å²) in [6.45, 7) is 1.77. The number of pyridine rings is 1. The van der Waals surface area contributed by atoms with E-state index in [4.69, 9.17) is 28.9 Å². The van der Waals surface area contributed by atoms with Crippen molar-refractivity contribution >= 4 is 28.9 Å². The third kappa shape index (κ3) is 3.97. The van der Waals surface area contributed by atoms with Crippen LogP contribution in [0, 0.1) is 11.3 Å². The van der Waals surface area contributed by atoms with Gasteiger partial charge in [0.2, 0.25) is 0 Å². The summed E-state index contributed by atoms with van der Waals surface area (Å²) in [5.41, 5.74) is 12.2. The molecule has 0 unspecified atom stereocenters. The predicted octanol–water partition coefficient (Wildman–Crippen LogP) is 6.21. The number of hydrogen-bond acceptors (Lipinski definition) is 4. The van der Waals surface area contributed by atoms with E-state index in [9.17, 15) is 5.26 Å². The average Bonchev–Trinajstić information content (AvgIpc) is 3.60. The molecule has 4 nitrogen and oxygen atoms in total. The van der Waals surface area contributed by atoms with Gasteiger partial charge in [0.05, 0.1) is 17.2 Å². The highest BCUT2D eigenvalue weighted by Gasteiger charge is 2.44. The zero-order chi connectivity index (χ0) is 22.3. The number of anilines is 1. The monoisotopic (exact) mass is 462 g/mol. The predicted molar refractivity (Wildman–Crippen MR) is 131 cm³/mol. The zero-order valence-electron chi connectivity index (χ0n) is 17.7. The molecule has 0 amide bonds.